The molecule has 51 heavy (non-hydrogen) atoms. The number of nitrogens with zero attached hydrogens (tertiary/aromatic N) is 2. The summed E-state index contributed by atoms with van der Waals surface area (Å²) in [6.45, 7) is 7.46. The third kappa shape index (κ3) is 7.48. The van der Waals surface area contributed by atoms with Crippen molar-refractivity contribution in [1.29, 1.82) is 0 Å². The van der Waals surface area contributed by atoms with Crippen LogP contribution in [0.3, 0.4) is 0 Å². The maximum Gasteiger partial charge on any atom is 0.286 e. The number of fused-ring (bicyclic) bond motifs is 4. The van der Waals surface area contributed by atoms with E-state index in [4.69, 9.17) is 21.1 Å². The summed E-state index contributed by atoms with van der Waals surface area (Å²) in [5.41, 5.74) is 2.53. The SMILES string of the molecule is CO[C@H]1/C=C/C[C@H](C)C[S@@](=O)(NC(=O)[C@H]2C[C@@H](C(C)(C)O)C2)=NC(=O)c2ccc3c(c2)N(C[C@@H]2CC[C@H]21)C[C@@]1(CCCc2cc(Cl)ccc21)CO3. The number of ether oxygens (including phenoxy) is 2. The number of nitrogens with one attached hydrogen (secondary N) is 1. The van der Waals surface area contributed by atoms with Crippen molar-refractivity contribution in [2.75, 3.05) is 37.5 Å². The molecule has 276 valence electrons. The number of carbonyl (C=O) groups is 2. The van der Waals surface area contributed by atoms with Gasteiger partial charge in [-0.1, -0.05) is 36.7 Å². The van der Waals surface area contributed by atoms with Gasteiger partial charge in [0.25, 0.3) is 5.91 Å². The molecule has 0 unspecified atom stereocenters. The minimum absolute atomic E-state index is 0.0155. The minimum atomic E-state index is -3.47. The topological polar surface area (TPSA) is 118 Å². The zero-order valence-corrected chi connectivity index (χ0v) is 31.8. The summed E-state index contributed by atoms with van der Waals surface area (Å²) in [5, 5.41) is 11.1. The predicted octanol–water partition coefficient (Wildman–Crippen LogP) is 6.89. The van der Waals surface area contributed by atoms with Crippen molar-refractivity contribution in [3.8, 4) is 5.75 Å². The Morgan fingerprint density at radius 1 is 1.20 bits per heavy atom. The number of aliphatic hydroxyl groups is 1. The standard InChI is InChI=1S/C40H52ClN3O6S/c1-25-7-5-9-35(49-4)32-13-10-28(32)21-44-23-40(16-6-8-26-19-31(41)12-14-33(26)40)24-50-36-15-11-27(20-34(36)44)37(45)42-51(48,22-25)43-38(46)29-17-30(18-29)39(2,3)47/h5,9,11-12,14-15,19-20,25,28-30,32,35,47H,6-8,10,13,16-18,21-24H2,1-4H3,(H,42,43,45,46,48)/b9-5+/t25-,28-,29-,30+,32+,35-,40-,51-/m0/s1. The van der Waals surface area contributed by atoms with Crippen LogP contribution >= 0.6 is 11.6 Å². The van der Waals surface area contributed by atoms with E-state index in [-0.39, 0.29) is 40.9 Å². The lowest BCUT2D eigenvalue weighted by atomic mass is 9.67. The molecule has 2 amide bonds. The van der Waals surface area contributed by atoms with Crippen molar-refractivity contribution in [2.24, 2.45) is 34.0 Å². The highest BCUT2D eigenvalue weighted by molar-refractivity contribution is 7.92. The Hall–Kier alpha value is -2.92. The molecule has 11 heteroatoms. The Bertz CT molecular complexity index is 1830. The van der Waals surface area contributed by atoms with Gasteiger partial charge >= 0.3 is 0 Å². The number of anilines is 1. The van der Waals surface area contributed by atoms with Crippen molar-refractivity contribution in [2.45, 2.75) is 89.3 Å². The summed E-state index contributed by atoms with van der Waals surface area (Å²) in [6, 6.07) is 11.6. The lowest BCUT2D eigenvalue weighted by molar-refractivity contribution is -0.131. The molecule has 2 aromatic carbocycles. The molecule has 2 heterocycles. The molecule has 2 bridgehead atoms. The quantitative estimate of drug-likeness (QED) is 0.329. The Morgan fingerprint density at radius 2 is 2.00 bits per heavy atom. The van der Waals surface area contributed by atoms with E-state index in [1.54, 1.807) is 27.0 Å². The van der Waals surface area contributed by atoms with Crippen molar-refractivity contribution >= 4 is 39.0 Å². The highest BCUT2D eigenvalue weighted by Gasteiger charge is 2.45. The molecule has 6 atom stereocenters. The summed E-state index contributed by atoms with van der Waals surface area (Å²) < 4.78 is 34.3. The maximum atomic E-state index is 14.5. The number of amides is 2. The molecule has 0 saturated heterocycles. The molecule has 2 aliphatic heterocycles. The first-order chi connectivity index (χ1) is 24.3. The van der Waals surface area contributed by atoms with Crippen LogP contribution in [-0.2, 0) is 31.3 Å². The molecule has 2 aromatic rings. The van der Waals surface area contributed by atoms with Gasteiger partial charge < -0.3 is 19.5 Å². The Labute approximate surface area is 307 Å². The molecular formula is C40H52ClN3O6S. The van der Waals surface area contributed by atoms with Crippen molar-refractivity contribution in [3.05, 3.63) is 70.3 Å². The van der Waals surface area contributed by atoms with Crippen molar-refractivity contribution in [3.63, 3.8) is 0 Å². The Morgan fingerprint density at radius 3 is 2.73 bits per heavy atom. The van der Waals surface area contributed by atoms with Crippen LogP contribution < -0.4 is 14.4 Å². The lowest BCUT2D eigenvalue weighted by Crippen LogP contribution is -2.49. The minimum Gasteiger partial charge on any atom is -0.490 e. The molecular weight excluding hydrogens is 686 g/mol. The summed E-state index contributed by atoms with van der Waals surface area (Å²) in [7, 11) is -1.71. The lowest BCUT2D eigenvalue weighted by Gasteiger charge is -2.46. The summed E-state index contributed by atoms with van der Waals surface area (Å²) in [4.78, 5) is 29.8. The average molecular weight is 738 g/mol. The highest BCUT2D eigenvalue weighted by atomic mass is 35.5. The van der Waals surface area contributed by atoms with Gasteiger partial charge in [-0.25, -0.2) is 4.21 Å². The summed E-state index contributed by atoms with van der Waals surface area (Å²) in [5.74, 6) is -0.0626. The fourth-order valence-corrected chi connectivity index (χ4v) is 11.2. The molecule has 9 nitrogen and oxygen atoms in total. The molecule has 5 aliphatic rings. The number of halogens is 1. The van der Waals surface area contributed by atoms with E-state index in [2.05, 4.69) is 38.3 Å². The number of benzene rings is 2. The largest absolute Gasteiger partial charge is 0.490 e. The van der Waals surface area contributed by atoms with Crippen LogP contribution in [0.4, 0.5) is 5.69 Å². The fourth-order valence-electron chi connectivity index (χ4n) is 9.02. The molecule has 2 N–H and O–H groups in total. The first kappa shape index (κ1) is 36.4. The second-order valence-corrected chi connectivity index (χ2v) is 18.9. The average Bonchev–Trinajstić information content (AvgIpc) is 3.17. The Kier molecular flexibility index (Phi) is 10.1. The van der Waals surface area contributed by atoms with Gasteiger partial charge in [-0.05, 0) is 130 Å². The van der Waals surface area contributed by atoms with Crippen molar-refractivity contribution in [1.82, 2.24) is 4.72 Å². The number of carbonyl (C=O) groups excluding carboxylic acids is 2. The van der Waals surface area contributed by atoms with Crippen LogP contribution in [-0.4, -0.2) is 65.4 Å². The number of hydrogen-bond donors (Lipinski definition) is 2. The van der Waals surface area contributed by atoms with Crippen LogP contribution in [0.2, 0.25) is 5.02 Å². The molecule has 1 spiro atoms. The first-order valence-electron chi connectivity index (χ1n) is 18.6. The third-order valence-corrected chi connectivity index (χ3v) is 14.5. The molecule has 0 radical (unpaired) electrons. The summed E-state index contributed by atoms with van der Waals surface area (Å²) >= 11 is 6.46. The molecule has 2 saturated carbocycles. The fraction of sp³-hybridized carbons (Fsp3) is 0.600. The third-order valence-electron chi connectivity index (χ3n) is 12.3. The van der Waals surface area contributed by atoms with Gasteiger partial charge in [0.1, 0.15) is 15.7 Å². The second kappa shape index (κ2) is 14.1. The maximum absolute atomic E-state index is 14.5. The number of hydrogen-bond acceptors (Lipinski definition) is 7. The molecule has 0 aromatic heterocycles. The zero-order chi connectivity index (χ0) is 36.1. The molecule has 3 aliphatic carbocycles. The smallest absolute Gasteiger partial charge is 0.286 e. The van der Waals surface area contributed by atoms with Gasteiger partial charge in [0.15, 0.2) is 0 Å². The van der Waals surface area contributed by atoms with E-state index >= 15 is 0 Å². The van der Waals surface area contributed by atoms with E-state index < -0.39 is 21.4 Å². The van der Waals surface area contributed by atoms with Gasteiger partial charge in [-0.3, -0.25) is 14.3 Å². The van der Waals surface area contributed by atoms with Crippen LogP contribution in [0.25, 0.3) is 0 Å². The van der Waals surface area contributed by atoms with Gasteiger partial charge in [-0.2, -0.15) is 0 Å². The van der Waals surface area contributed by atoms with Crippen molar-refractivity contribution < 1.29 is 28.4 Å². The van der Waals surface area contributed by atoms with Crippen LogP contribution in [0.1, 0.15) is 87.2 Å². The van der Waals surface area contributed by atoms with Crippen LogP contribution in [0.5, 0.6) is 5.75 Å². The first-order valence-corrected chi connectivity index (χ1v) is 20.7. The number of aryl methyl sites for hydroxylation is 1. The number of methoxy groups -OCH3 is 1. The summed E-state index contributed by atoms with van der Waals surface area (Å²) in [6.07, 6.45) is 10.9. The zero-order valence-electron chi connectivity index (χ0n) is 30.2. The van der Waals surface area contributed by atoms with E-state index in [1.807, 2.05) is 25.1 Å². The van der Waals surface area contributed by atoms with Gasteiger partial charge in [0.2, 0.25) is 5.91 Å². The molecule has 2 fully saturated rings. The highest BCUT2D eigenvalue weighted by Crippen LogP contribution is 2.47. The monoisotopic (exact) mass is 737 g/mol. The Balaban J connectivity index is 1.26. The van der Waals surface area contributed by atoms with Gasteiger partial charge in [0.05, 0.1) is 29.8 Å². The number of allylic oxidation sites excluding steroid dienone is 1. The second-order valence-electron chi connectivity index (χ2n) is 16.4. The van der Waals surface area contributed by atoms with E-state index in [9.17, 15) is 18.9 Å². The van der Waals surface area contributed by atoms with Crippen LogP contribution in [0.15, 0.2) is 52.9 Å². The van der Waals surface area contributed by atoms with E-state index in [0.717, 1.165) is 55.9 Å². The molecule has 7 rings (SSSR count). The normalized spacial score (nSPS) is 34.4. The van der Waals surface area contributed by atoms with E-state index in [0.29, 0.717) is 49.0 Å². The number of rotatable bonds is 4. The van der Waals surface area contributed by atoms with Gasteiger partial charge in [0, 0.05) is 42.1 Å². The van der Waals surface area contributed by atoms with Crippen LogP contribution in [0, 0.1) is 29.6 Å². The van der Waals surface area contributed by atoms with Gasteiger partial charge in [-0.15, -0.1) is 4.36 Å². The van der Waals surface area contributed by atoms with E-state index in [1.165, 1.54) is 11.1 Å². The predicted molar refractivity (Wildman–Crippen MR) is 201 cm³/mol.